The van der Waals surface area contributed by atoms with Gasteiger partial charge in [0, 0.05) is 55.9 Å². The van der Waals surface area contributed by atoms with E-state index in [9.17, 15) is 22.9 Å². The average molecular weight is 409 g/mol. The lowest BCUT2D eigenvalue weighted by atomic mass is 10.2. The monoisotopic (exact) mass is 409 g/mol. The Morgan fingerprint density at radius 2 is 1.57 bits per heavy atom. The second-order valence-electron chi connectivity index (χ2n) is 6.47. The smallest absolute Gasteiger partial charge is 0.288 e. The van der Waals surface area contributed by atoms with Gasteiger partial charge in [0.15, 0.2) is 21.4 Å². The molecule has 0 aliphatic carbocycles. The van der Waals surface area contributed by atoms with Gasteiger partial charge in [-0.25, -0.2) is 12.8 Å². The highest BCUT2D eigenvalue weighted by molar-refractivity contribution is 7.90. The average Bonchev–Trinajstić information content (AvgIpc) is 2.67. The Morgan fingerprint density at radius 1 is 1.04 bits per heavy atom. The Hall–Kier alpha value is -2.88. The third kappa shape index (κ3) is 4.01. The summed E-state index contributed by atoms with van der Waals surface area (Å²) in [5.74, 6) is -0.253. The standard InChI is InChI=1S/C18H20FN3O5S/c1-27-17-6-4-13(11-15(17)19)20-7-9-21(10-8-20)14-3-5-16(22(23)24)18(12-14)28(2,25)26/h3-6,11-12H,7-10H2,1-2H3. The van der Waals surface area contributed by atoms with E-state index in [0.29, 0.717) is 31.9 Å². The summed E-state index contributed by atoms with van der Waals surface area (Å²) in [4.78, 5) is 14.1. The minimum Gasteiger partial charge on any atom is -0.494 e. The molecule has 0 aromatic heterocycles. The lowest BCUT2D eigenvalue weighted by Gasteiger charge is -2.37. The SMILES string of the molecule is COc1ccc(N2CCN(c3ccc([N+](=O)[O-])c(S(C)(=O)=O)c3)CC2)cc1F. The van der Waals surface area contributed by atoms with Crippen LogP contribution in [0.2, 0.25) is 0 Å². The molecule has 2 aromatic carbocycles. The third-order valence-corrected chi connectivity index (χ3v) is 5.81. The van der Waals surface area contributed by atoms with Crippen LogP contribution >= 0.6 is 0 Å². The molecule has 0 amide bonds. The summed E-state index contributed by atoms with van der Waals surface area (Å²) in [6.07, 6.45) is 0.954. The van der Waals surface area contributed by atoms with E-state index in [4.69, 9.17) is 4.74 Å². The summed E-state index contributed by atoms with van der Waals surface area (Å²) < 4.78 is 42.7. The van der Waals surface area contributed by atoms with Gasteiger partial charge < -0.3 is 14.5 Å². The predicted octanol–water partition coefficient (Wildman–Crippen LogP) is 2.47. The van der Waals surface area contributed by atoms with Crippen LogP contribution in [0.4, 0.5) is 21.5 Å². The summed E-state index contributed by atoms with van der Waals surface area (Å²) in [5, 5.41) is 11.1. The van der Waals surface area contributed by atoms with E-state index >= 15 is 0 Å². The van der Waals surface area contributed by atoms with E-state index in [2.05, 4.69) is 0 Å². The predicted molar refractivity (Wildman–Crippen MR) is 104 cm³/mol. The fourth-order valence-electron chi connectivity index (χ4n) is 3.22. The van der Waals surface area contributed by atoms with Crippen LogP contribution in [0.5, 0.6) is 5.75 Å². The molecule has 0 unspecified atom stereocenters. The number of hydrogen-bond donors (Lipinski definition) is 0. The van der Waals surface area contributed by atoms with Crippen molar-refractivity contribution in [2.45, 2.75) is 4.90 Å². The molecule has 0 saturated carbocycles. The summed E-state index contributed by atoms with van der Waals surface area (Å²) in [7, 11) is -2.33. The van der Waals surface area contributed by atoms with E-state index in [0.717, 1.165) is 11.9 Å². The number of anilines is 2. The van der Waals surface area contributed by atoms with Gasteiger partial charge in [-0.15, -0.1) is 0 Å². The molecule has 0 N–H and O–H groups in total. The third-order valence-electron chi connectivity index (χ3n) is 4.68. The Balaban J connectivity index is 1.78. The van der Waals surface area contributed by atoms with Gasteiger partial charge in [-0.2, -0.15) is 0 Å². The van der Waals surface area contributed by atoms with Crippen LogP contribution in [0, 0.1) is 15.9 Å². The van der Waals surface area contributed by atoms with Crippen LogP contribution in [0.15, 0.2) is 41.3 Å². The van der Waals surface area contributed by atoms with Crippen LogP contribution in [0.25, 0.3) is 0 Å². The van der Waals surface area contributed by atoms with Crippen molar-refractivity contribution in [1.82, 2.24) is 0 Å². The van der Waals surface area contributed by atoms with Gasteiger partial charge in [0.1, 0.15) is 4.90 Å². The minimum atomic E-state index is -3.74. The molecule has 0 atom stereocenters. The first-order valence-electron chi connectivity index (χ1n) is 8.52. The normalized spacial score (nSPS) is 14.8. The summed E-state index contributed by atoms with van der Waals surface area (Å²) >= 11 is 0. The second-order valence-corrected chi connectivity index (χ2v) is 8.46. The number of nitrogens with zero attached hydrogens (tertiary/aromatic N) is 3. The molecule has 1 aliphatic rings. The van der Waals surface area contributed by atoms with E-state index in [1.807, 2.05) is 9.80 Å². The molecular formula is C18H20FN3O5S. The van der Waals surface area contributed by atoms with Crippen molar-refractivity contribution in [3.05, 3.63) is 52.3 Å². The van der Waals surface area contributed by atoms with Crippen LogP contribution < -0.4 is 14.5 Å². The molecule has 0 spiro atoms. The quantitative estimate of drug-likeness (QED) is 0.553. The number of methoxy groups -OCH3 is 1. The van der Waals surface area contributed by atoms with Gasteiger partial charge >= 0.3 is 0 Å². The lowest BCUT2D eigenvalue weighted by molar-refractivity contribution is -0.387. The zero-order valence-corrected chi connectivity index (χ0v) is 16.3. The first-order valence-corrected chi connectivity index (χ1v) is 10.4. The molecule has 1 fully saturated rings. The number of ether oxygens (including phenoxy) is 1. The Morgan fingerprint density at radius 3 is 2.04 bits per heavy atom. The van der Waals surface area contributed by atoms with Crippen LogP contribution in [0.1, 0.15) is 0 Å². The highest BCUT2D eigenvalue weighted by Gasteiger charge is 2.25. The summed E-state index contributed by atoms with van der Waals surface area (Å²) in [6, 6.07) is 8.89. The van der Waals surface area contributed by atoms with Crippen molar-refractivity contribution < 1.29 is 22.5 Å². The maximum Gasteiger partial charge on any atom is 0.288 e. The fraction of sp³-hybridized carbons (Fsp3) is 0.333. The van der Waals surface area contributed by atoms with Crippen molar-refractivity contribution in [2.75, 3.05) is 49.3 Å². The van der Waals surface area contributed by atoms with Gasteiger partial charge in [0.25, 0.3) is 5.69 Å². The maximum absolute atomic E-state index is 13.9. The van der Waals surface area contributed by atoms with Gasteiger partial charge in [0.2, 0.25) is 0 Å². The van der Waals surface area contributed by atoms with Crippen molar-refractivity contribution in [1.29, 1.82) is 0 Å². The van der Waals surface area contributed by atoms with Crippen molar-refractivity contribution in [3.63, 3.8) is 0 Å². The number of nitro benzene ring substituents is 1. The van der Waals surface area contributed by atoms with Crippen LogP contribution in [-0.4, -0.2) is 52.9 Å². The number of rotatable bonds is 5. The van der Waals surface area contributed by atoms with Crippen molar-refractivity contribution in [3.8, 4) is 5.75 Å². The Labute approximate surface area is 162 Å². The van der Waals surface area contributed by atoms with Crippen molar-refractivity contribution in [2.24, 2.45) is 0 Å². The summed E-state index contributed by atoms with van der Waals surface area (Å²) in [5.41, 5.74) is 0.906. The van der Waals surface area contributed by atoms with Gasteiger partial charge in [-0.1, -0.05) is 0 Å². The number of sulfone groups is 1. The first-order chi connectivity index (χ1) is 13.2. The molecule has 0 radical (unpaired) electrons. The Kier molecular flexibility index (Phi) is 5.41. The topological polar surface area (TPSA) is 93.0 Å². The second kappa shape index (κ2) is 7.63. The van der Waals surface area contributed by atoms with E-state index in [1.165, 1.54) is 25.3 Å². The molecular weight excluding hydrogens is 389 g/mol. The zero-order valence-electron chi connectivity index (χ0n) is 15.5. The lowest BCUT2D eigenvalue weighted by Crippen LogP contribution is -2.46. The molecule has 150 valence electrons. The highest BCUT2D eigenvalue weighted by Crippen LogP contribution is 2.30. The molecule has 1 saturated heterocycles. The van der Waals surface area contributed by atoms with Crippen LogP contribution in [-0.2, 0) is 9.84 Å². The van der Waals surface area contributed by atoms with Gasteiger partial charge in [-0.3, -0.25) is 10.1 Å². The van der Waals surface area contributed by atoms with Gasteiger partial charge in [0.05, 0.1) is 12.0 Å². The molecule has 8 nitrogen and oxygen atoms in total. The maximum atomic E-state index is 13.9. The molecule has 2 aromatic rings. The number of piperazine rings is 1. The Bertz CT molecular complexity index is 1000. The fourth-order valence-corrected chi connectivity index (χ4v) is 4.08. The zero-order chi connectivity index (χ0) is 20.5. The van der Waals surface area contributed by atoms with Crippen molar-refractivity contribution >= 4 is 26.9 Å². The largest absolute Gasteiger partial charge is 0.494 e. The highest BCUT2D eigenvalue weighted by atomic mass is 32.2. The molecule has 1 heterocycles. The molecule has 1 aliphatic heterocycles. The van der Waals surface area contributed by atoms with Gasteiger partial charge in [-0.05, 0) is 24.3 Å². The van der Waals surface area contributed by atoms with E-state index < -0.39 is 26.3 Å². The van der Waals surface area contributed by atoms with E-state index in [-0.39, 0.29) is 10.6 Å². The minimum absolute atomic E-state index is 0.182. The van der Waals surface area contributed by atoms with Crippen LogP contribution in [0.3, 0.4) is 0 Å². The molecule has 28 heavy (non-hydrogen) atoms. The molecule has 3 rings (SSSR count). The molecule has 0 bridgehead atoms. The number of hydrogen-bond acceptors (Lipinski definition) is 7. The van der Waals surface area contributed by atoms with E-state index in [1.54, 1.807) is 18.2 Å². The number of nitro groups is 1. The molecule has 10 heteroatoms. The number of benzene rings is 2. The summed E-state index contributed by atoms with van der Waals surface area (Å²) in [6.45, 7) is 2.32. The first kappa shape index (κ1) is 19.9. The number of halogens is 1.